The summed E-state index contributed by atoms with van der Waals surface area (Å²) in [7, 11) is 0. The van der Waals surface area contributed by atoms with Crippen LogP contribution in [0.4, 0.5) is 0 Å². The van der Waals surface area contributed by atoms with Crippen molar-refractivity contribution in [1.29, 1.82) is 0 Å². The Balaban J connectivity index is 1.56. The molecule has 1 aliphatic heterocycles. The SMILES string of the molecule is Cc1ccc(O[C@H](C)C(=O)NCc2ccccc2CN2CCCC2)c(C)c1. The fourth-order valence-electron chi connectivity index (χ4n) is 3.57. The molecule has 2 aromatic carbocycles. The molecule has 4 nitrogen and oxygen atoms in total. The van der Waals surface area contributed by atoms with Gasteiger partial charge in [0.15, 0.2) is 6.10 Å². The molecular formula is C23H30N2O2. The lowest BCUT2D eigenvalue weighted by molar-refractivity contribution is -0.127. The average Bonchev–Trinajstić information content (AvgIpc) is 3.16. The number of hydrogen-bond acceptors (Lipinski definition) is 3. The predicted octanol–water partition coefficient (Wildman–Crippen LogP) is 3.98. The first-order valence-electron chi connectivity index (χ1n) is 9.83. The quantitative estimate of drug-likeness (QED) is 0.806. The van der Waals surface area contributed by atoms with Crippen molar-refractivity contribution >= 4 is 5.91 Å². The van der Waals surface area contributed by atoms with Gasteiger partial charge in [-0.2, -0.15) is 0 Å². The Kier molecular flexibility index (Phi) is 6.51. The van der Waals surface area contributed by atoms with E-state index >= 15 is 0 Å². The largest absolute Gasteiger partial charge is 0.481 e. The summed E-state index contributed by atoms with van der Waals surface area (Å²) >= 11 is 0. The number of nitrogens with zero attached hydrogens (tertiary/aromatic N) is 1. The summed E-state index contributed by atoms with van der Waals surface area (Å²) in [5.74, 6) is 0.670. The van der Waals surface area contributed by atoms with Crippen LogP contribution in [0.25, 0.3) is 0 Å². The van der Waals surface area contributed by atoms with E-state index in [4.69, 9.17) is 4.74 Å². The van der Waals surface area contributed by atoms with Gasteiger partial charge in [0, 0.05) is 13.1 Å². The smallest absolute Gasteiger partial charge is 0.261 e. The van der Waals surface area contributed by atoms with E-state index in [-0.39, 0.29) is 5.91 Å². The maximum atomic E-state index is 12.5. The molecule has 1 heterocycles. The molecule has 27 heavy (non-hydrogen) atoms. The second kappa shape index (κ2) is 9.05. The van der Waals surface area contributed by atoms with Gasteiger partial charge in [-0.05, 0) is 69.5 Å². The van der Waals surface area contributed by atoms with Crippen LogP contribution in [0.5, 0.6) is 5.75 Å². The van der Waals surface area contributed by atoms with Crippen molar-refractivity contribution < 1.29 is 9.53 Å². The molecule has 0 aliphatic carbocycles. The number of ether oxygens (including phenoxy) is 1. The average molecular weight is 367 g/mol. The van der Waals surface area contributed by atoms with Crippen molar-refractivity contribution in [2.75, 3.05) is 13.1 Å². The zero-order valence-corrected chi connectivity index (χ0v) is 16.6. The van der Waals surface area contributed by atoms with Crippen molar-refractivity contribution in [2.45, 2.75) is 52.8 Å². The van der Waals surface area contributed by atoms with E-state index in [1.54, 1.807) is 6.92 Å². The molecule has 0 spiro atoms. The third-order valence-electron chi connectivity index (χ3n) is 5.17. The van der Waals surface area contributed by atoms with Gasteiger partial charge in [-0.1, -0.05) is 42.0 Å². The Morgan fingerprint density at radius 2 is 1.81 bits per heavy atom. The predicted molar refractivity (Wildman–Crippen MR) is 109 cm³/mol. The molecule has 1 fully saturated rings. The second-order valence-electron chi connectivity index (χ2n) is 7.50. The monoisotopic (exact) mass is 366 g/mol. The molecule has 0 bridgehead atoms. The summed E-state index contributed by atoms with van der Waals surface area (Å²) in [5, 5.41) is 3.03. The Morgan fingerprint density at radius 3 is 2.52 bits per heavy atom. The van der Waals surface area contributed by atoms with Crippen LogP contribution in [-0.2, 0) is 17.9 Å². The number of nitrogens with one attached hydrogen (secondary N) is 1. The van der Waals surface area contributed by atoms with E-state index in [9.17, 15) is 4.79 Å². The van der Waals surface area contributed by atoms with Crippen molar-refractivity contribution in [1.82, 2.24) is 10.2 Å². The Hall–Kier alpha value is -2.33. The molecule has 1 N–H and O–H groups in total. The van der Waals surface area contributed by atoms with Gasteiger partial charge in [-0.3, -0.25) is 9.69 Å². The molecule has 1 aliphatic rings. The number of aryl methyl sites for hydroxylation is 2. The van der Waals surface area contributed by atoms with Crippen LogP contribution in [-0.4, -0.2) is 30.0 Å². The van der Waals surface area contributed by atoms with Gasteiger partial charge in [0.25, 0.3) is 5.91 Å². The summed E-state index contributed by atoms with van der Waals surface area (Å²) < 4.78 is 5.87. The highest BCUT2D eigenvalue weighted by Gasteiger charge is 2.17. The van der Waals surface area contributed by atoms with Gasteiger partial charge in [-0.15, -0.1) is 0 Å². The van der Waals surface area contributed by atoms with E-state index in [1.807, 2.05) is 32.0 Å². The normalized spacial score (nSPS) is 15.5. The zero-order chi connectivity index (χ0) is 19.2. The summed E-state index contributed by atoms with van der Waals surface area (Å²) in [6.45, 7) is 9.67. The summed E-state index contributed by atoms with van der Waals surface area (Å²) in [6.07, 6.45) is 2.04. The molecule has 1 amide bonds. The third kappa shape index (κ3) is 5.33. The molecule has 0 saturated carbocycles. The van der Waals surface area contributed by atoms with Gasteiger partial charge in [0.2, 0.25) is 0 Å². The highest BCUT2D eigenvalue weighted by atomic mass is 16.5. The van der Waals surface area contributed by atoms with Crippen molar-refractivity contribution in [3.05, 3.63) is 64.7 Å². The first-order chi connectivity index (χ1) is 13.0. The molecule has 0 radical (unpaired) electrons. The van der Waals surface area contributed by atoms with Crippen LogP contribution in [0.2, 0.25) is 0 Å². The first kappa shape index (κ1) is 19.4. The lowest BCUT2D eigenvalue weighted by Crippen LogP contribution is -2.36. The van der Waals surface area contributed by atoms with Gasteiger partial charge in [0.05, 0.1) is 0 Å². The fourth-order valence-corrected chi connectivity index (χ4v) is 3.57. The maximum absolute atomic E-state index is 12.5. The summed E-state index contributed by atoms with van der Waals surface area (Å²) in [5.41, 5.74) is 4.70. The highest BCUT2D eigenvalue weighted by Crippen LogP contribution is 2.20. The molecule has 3 rings (SSSR count). The minimum absolute atomic E-state index is 0.0917. The molecule has 0 aromatic heterocycles. The van der Waals surface area contributed by atoms with E-state index < -0.39 is 6.10 Å². The van der Waals surface area contributed by atoms with Gasteiger partial charge in [-0.25, -0.2) is 0 Å². The van der Waals surface area contributed by atoms with Crippen LogP contribution in [0, 0.1) is 13.8 Å². The van der Waals surface area contributed by atoms with Crippen LogP contribution in [0.1, 0.15) is 42.0 Å². The Labute approximate surface area is 162 Å². The topological polar surface area (TPSA) is 41.6 Å². The van der Waals surface area contributed by atoms with Gasteiger partial charge >= 0.3 is 0 Å². The Bertz CT molecular complexity index is 782. The van der Waals surface area contributed by atoms with Crippen LogP contribution in [0.3, 0.4) is 0 Å². The van der Waals surface area contributed by atoms with E-state index in [1.165, 1.54) is 42.6 Å². The minimum Gasteiger partial charge on any atom is -0.481 e. The van der Waals surface area contributed by atoms with E-state index in [0.717, 1.165) is 17.9 Å². The lowest BCUT2D eigenvalue weighted by Gasteiger charge is -2.19. The Morgan fingerprint density at radius 1 is 1.11 bits per heavy atom. The number of carbonyl (C=O) groups is 1. The van der Waals surface area contributed by atoms with Crippen LogP contribution in [0.15, 0.2) is 42.5 Å². The summed E-state index contributed by atoms with van der Waals surface area (Å²) in [4.78, 5) is 15.0. The number of amides is 1. The fraction of sp³-hybridized carbons (Fsp3) is 0.435. The molecule has 0 unspecified atom stereocenters. The molecule has 4 heteroatoms. The molecule has 2 aromatic rings. The molecular weight excluding hydrogens is 336 g/mol. The number of likely N-dealkylation sites (tertiary alicyclic amines) is 1. The standard InChI is InChI=1S/C23H30N2O2/c1-17-10-11-22(18(2)14-17)27-19(3)23(26)24-15-20-8-4-5-9-21(20)16-25-12-6-7-13-25/h4-5,8-11,14,19H,6-7,12-13,15-16H2,1-3H3,(H,24,26)/t19-/m1/s1. The van der Waals surface area contributed by atoms with Crippen molar-refractivity contribution in [3.63, 3.8) is 0 Å². The maximum Gasteiger partial charge on any atom is 0.261 e. The number of rotatable bonds is 7. The third-order valence-corrected chi connectivity index (χ3v) is 5.17. The number of carbonyl (C=O) groups excluding carboxylic acids is 1. The number of hydrogen-bond donors (Lipinski definition) is 1. The van der Waals surface area contributed by atoms with Gasteiger partial charge in [0.1, 0.15) is 5.75 Å². The van der Waals surface area contributed by atoms with Crippen molar-refractivity contribution in [3.8, 4) is 5.75 Å². The van der Waals surface area contributed by atoms with E-state index in [0.29, 0.717) is 6.54 Å². The lowest BCUT2D eigenvalue weighted by atomic mass is 10.1. The molecule has 144 valence electrons. The minimum atomic E-state index is -0.530. The number of benzene rings is 2. The van der Waals surface area contributed by atoms with Gasteiger partial charge < -0.3 is 10.1 Å². The van der Waals surface area contributed by atoms with Crippen LogP contribution < -0.4 is 10.1 Å². The second-order valence-corrected chi connectivity index (χ2v) is 7.50. The first-order valence-corrected chi connectivity index (χ1v) is 9.83. The molecule has 1 atom stereocenters. The van der Waals surface area contributed by atoms with Crippen LogP contribution >= 0.6 is 0 Å². The summed E-state index contributed by atoms with van der Waals surface area (Å²) in [6, 6.07) is 14.4. The van der Waals surface area contributed by atoms with Crippen molar-refractivity contribution in [2.24, 2.45) is 0 Å². The van der Waals surface area contributed by atoms with E-state index in [2.05, 4.69) is 34.5 Å². The highest BCUT2D eigenvalue weighted by molar-refractivity contribution is 5.80. The zero-order valence-electron chi connectivity index (χ0n) is 16.6. The molecule has 1 saturated heterocycles.